The van der Waals surface area contributed by atoms with Gasteiger partial charge >= 0.3 is 0 Å². The molecule has 2 aromatic rings. The lowest BCUT2D eigenvalue weighted by Gasteiger charge is -2.60. The summed E-state index contributed by atoms with van der Waals surface area (Å²) >= 11 is 0. The van der Waals surface area contributed by atoms with Crippen molar-refractivity contribution in [2.24, 2.45) is 17.3 Å². The van der Waals surface area contributed by atoms with Crippen LogP contribution in [0, 0.1) is 17.3 Å². The van der Waals surface area contributed by atoms with Crippen LogP contribution < -0.4 is 10.1 Å². The summed E-state index contributed by atoms with van der Waals surface area (Å²) in [5.74, 6) is 2.30. The molecule has 4 aliphatic carbocycles. The third kappa shape index (κ3) is 2.81. The second kappa shape index (κ2) is 6.61. The molecule has 1 N–H and O–H groups in total. The van der Waals surface area contributed by atoms with E-state index in [-0.39, 0.29) is 16.9 Å². The van der Waals surface area contributed by atoms with Gasteiger partial charge in [0.15, 0.2) is 0 Å². The first-order valence-electron chi connectivity index (χ1n) is 10.5. The Kier molecular flexibility index (Phi) is 4.18. The van der Waals surface area contributed by atoms with Gasteiger partial charge in [-0.1, -0.05) is 18.2 Å². The highest BCUT2D eigenvalue weighted by atomic mass is 16.5. The highest BCUT2D eigenvalue weighted by molar-refractivity contribution is 5.83. The molecule has 28 heavy (non-hydrogen) atoms. The third-order valence-corrected chi connectivity index (χ3v) is 7.13. The van der Waals surface area contributed by atoms with E-state index in [0.717, 1.165) is 43.4 Å². The average Bonchev–Trinajstić information content (AvgIpc) is 3.22. The normalized spacial score (nSPS) is 33.0. The Labute approximate surface area is 165 Å². The Bertz CT molecular complexity index is 849. The second-order valence-electron chi connectivity index (χ2n) is 9.03. The molecule has 0 spiro atoms. The molecule has 1 heterocycles. The molecule has 6 nitrogen and oxygen atoms in total. The van der Waals surface area contributed by atoms with Crippen LogP contribution in [-0.4, -0.2) is 27.3 Å². The number of nitrogens with one attached hydrogen (secondary N) is 1. The van der Waals surface area contributed by atoms with Crippen LogP contribution >= 0.6 is 0 Å². The number of hydrogen-bond acceptors (Lipinski definition) is 4. The van der Waals surface area contributed by atoms with E-state index in [1.54, 1.807) is 6.33 Å². The maximum absolute atomic E-state index is 13.5. The highest BCUT2D eigenvalue weighted by Gasteiger charge is 2.61. The lowest BCUT2D eigenvalue weighted by atomic mass is 9.46. The quantitative estimate of drug-likeness (QED) is 0.835. The summed E-state index contributed by atoms with van der Waals surface area (Å²) in [6.45, 7) is 3.12. The summed E-state index contributed by atoms with van der Waals surface area (Å²) in [6.07, 6.45) is 9.91. The number of nitrogens with zero attached hydrogens (tertiary/aromatic N) is 3. The van der Waals surface area contributed by atoms with Gasteiger partial charge in [0.05, 0.1) is 17.6 Å². The van der Waals surface area contributed by atoms with Crippen LogP contribution in [0.25, 0.3) is 0 Å². The zero-order valence-corrected chi connectivity index (χ0v) is 16.4. The Hall–Kier alpha value is -2.37. The number of benzene rings is 1. The fraction of sp³-hybridized carbons (Fsp3) is 0.591. The predicted molar refractivity (Wildman–Crippen MR) is 105 cm³/mol. The summed E-state index contributed by atoms with van der Waals surface area (Å²) in [4.78, 5) is 17.6. The van der Waals surface area contributed by atoms with Crippen molar-refractivity contribution in [3.05, 3.63) is 42.5 Å². The van der Waals surface area contributed by atoms with Crippen LogP contribution in [-0.2, 0) is 16.9 Å². The van der Waals surface area contributed by atoms with Crippen molar-refractivity contribution in [1.29, 1.82) is 0 Å². The molecule has 1 amide bonds. The molecule has 4 bridgehead atoms. The minimum absolute atomic E-state index is 0.0266. The first-order valence-corrected chi connectivity index (χ1v) is 10.5. The number of hydrogen-bond donors (Lipinski definition) is 1. The summed E-state index contributed by atoms with van der Waals surface area (Å²) in [6, 6.07) is 7.96. The van der Waals surface area contributed by atoms with Crippen LogP contribution in [0.2, 0.25) is 0 Å². The van der Waals surface area contributed by atoms with E-state index >= 15 is 0 Å². The maximum Gasteiger partial charge on any atom is 0.226 e. The van der Waals surface area contributed by atoms with Gasteiger partial charge in [0.1, 0.15) is 18.4 Å². The molecule has 2 atom stereocenters. The Morgan fingerprint density at radius 1 is 1.25 bits per heavy atom. The monoisotopic (exact) mass is 380 g/mol. The molecule has 4 saturated carbocycles. The summed E-state index contributed by atoms with van der Waals surface area (Å²) < 4.78 is 7.77. The van der Waals surface area contributed by atoms with Gasteiger partial charge in [0, 0.05) is 12.1 Å². The Balaban J connectivity index is 1.37. The number of para-hydroxylation sites is 1. The average molecular weight is 380 g/mol. The number of carbonyl (C=O) groups is 1. The Morgan fingerprint density at radius 2 is 2.04 bits per heavy atom. The van der Waals surface area contributed by atoms with Gasteiger partial charge in [0.2, 0.25) is 5.91 Å². The molecule has 0 saturated heterocycles. The van der Waals surface area contributed by atoms with E-state index in [4.69, 9.17) is 4.74 Å². The van der Waals surface area contributed by atoms with Crippen molar-refractivity contribution in [2.75, 3.05) is 6.61 Å². The molecule has 0 aliphatic heterocycles. The van der Waals surface area contributed by atoms with Crippen molar-refractivity contribution >= 4 is 5.91 Å². The molecular formula is C22H28N4O2. The number of ether oxygens (including phenoxy) is 1. The van der Waals surface area contributed by atoms with Gasteiger partial charge in [-0.25, -0.2) is 9.67 Å². The standard InChI is InChI=1S/C22H28N4O2/c1-2-28-19-6-4-3-5-18(19)12-24-20(27)21-8-16-7-17(9-21)11-22(10-16,13-21)26-15-23-14-25-26/h3-6,14-17H,2,7-13H2,1H3,(H,24,27)/t16-,17-,21?,22?/m1/s1. The van der Waals surface area contributed by atoms with Crippen molar-refractivity contribution in [3.63, 3.8) is 0 Å². The van der Waals surface area contributed by atoms with Gasteiger partial charge in [-0.3, -0.25) is 4.79 Å². The second-order valence-corrected chi connectivity index (χ2v) is 9.03. The highest BCUT2D eigenvalue weighted by Crippen LogP contribution is 2.64. The van der Waals surface area contributed by atoms with Crippen LogP contribution in [0.15, 0.2) is 36.9 Å². The SMILES string of the molecule is CCOc1ccccc1CNC(=O)C12C[C@H]3C[C@H](C1)CC(n1cncn1)(C3)C2. The minimum Gasteiger partial charge on any atom is -0.494 e. The number of carbonyl (C=O) groups excluding carboxylic acids is 1. The molecule has 4 fully saturated rings. The third-order valence-electron chi connectivity index (χ3n) is 7.13. The van der Waals surface area contributed by atoms with Crippen molar-refractivity contribution in [1.82, 2.24) is 20.1 Å². The number of rotatable bonds is 6. The summed E-state index contributed by atoms with van der Waals surface area (Å²) in [5.41, 5.74) is 0.742. The van der Waals surface area contributed by atoms with E-state index < -0.39 is 0 Å². The first-order chi connectivity index (χ1) is 13.6. The summed E-state index contributed by atoms with van der Waals surface area (Å²) in [7, 11) is 0. The molecule has 1 aromatic carbocycles. The summed E-state index contributed by atoms with van der Waals surface area (Å²) in [5, 5.41) is 7.73. The van der Waals surface area contributed by atoms with Gasteiger partial charge in [-0.2, -0.15) is 5.10 Å². The molecule has 1 aromatic heterocycles. The van der Waals surface area contributed by atoms with Gasteiger partial charge < -0.3 is 10.1 Å². The lowest BCUT2D eigenvalue weighted by molar-refractivity contribution is -0.156. The first kappa shape index (κ1) is 17.7. The topological polar surface area (TPSA) is 69.0 Å². The van der Waals surface area contributed by atoms with Gasteiger partial charge in [-0.15, -0.1) is 0 Å². The largest absolute Gasteiger partial charge is 0.494 e. The van der Waals surface area contributed by atoms with Crippen molar-refractivity contribution in [2.45, 2.75) is 57.5 Å². The smallest absolute Gasteiger partial charge is 0.226 e. The molecular weight excluding hydrogens is 352 g/mol. The van der Waals surface area contributed by atoms with E-state index in [9.17, 15) is 4.79 Å². The number of aromatic nitrogens is 3. The van der Waals surface area contributed by atoms with Gasteiger partial charge in [0.25, 0.3) is 0 Å². The van der Waals surface area contributed by atoms with Crippen molar-refractivity contribution < 1.29 is 9.53 Å². The van der Waals surface area contributed by atoms with Gasteiger partial charge in [-0.05, 0) is 63.4 Å². The zero-order valence-electron chi connectivity index (χ0n) is 16.4. The van der Waals surface area contributed by atoms with Crippen LogP contribution in [0.4, 0.5) is 0 Å². The fourth-order valence-electron chi connectivity index (χ4n) is 6.51. The fourth-order valence-corrected chi connectivity index (χ4v) is 6.51. The van der Waals surface area contributed by atoms with Crippen LogP contribution in [0.1, 0.15) is 51.0 Å². The molecule has 0 unspecified atom stereocenters. The molecule has 0 radical (unpaired) electrons. The maximum atomic E-state index is 13.5. The lowest BCUT2D eigenvalue weighted by Crippen LogP contribution is -2.61. The minimum atomic E-state index is -0.267. The molecule has 6 heteroatoms. The van der Waals surface area contributed by atoms with Crippen LogP contribution in [0.5, 0.6) is 5.75 Å². The van der Waals surface area contributed by atoms with E-state index in [0.29, 0.717) is 25.0 Å². The Morgan fingerprint density at radius 3 is 2.75 bits per heavy atom. The molecule has 6 rings (SSSR count). The molecule has 4 aliphatic rings. The van der Waals surface area contributed by atoms with E-state index in [2.05, 4.69) is 20.1 Å². The van der Waals surface area contributed by atoms with E-state index in [1.807, 2.05) is 37.5 Å². The predicted octanol–water partition coefficient (Wildman–Crippen LogP) is 3.29. The molecule has 148 valence electrons. The zero-order chi connectivity index (χ0) is 19.2. The van der Waals surface area contributed by atoms with E-state index in [1.165, 1.54) is 6.42 Å². The van der Waals surface area contributed by atoms with Crippen LogP contribution in [0.3, 0.4) is 0 Å². The van der Waals surface area contributed by atoms with Crippen molar-refractivity contribution in [3.8, 4) is 5.75 Å². The number of amides is 1.